The van der Waals surface area contributed by atoms with E-state index in [1.807, 2.05) is 58.0 Å². The van der Waals surface area contributed by atoms with Crippen molar-refractivity contribution in [3.63, 3.8) is 0 Å². The Balaban J connectivity index is 2.39. The molecule has 3 rings (SSSR count). The molecule has 4 heteroatoms. The highest BCUT2D eigenvalue weighted by Crippen LogP contribution is 2.65. The van der Waals surface area contributed by atoms with E-state index in [1.165, 1.54) is 0 Å². The number of fused-ring (bicyclic) bond motifs is 2. The van der Waals surface area contributed by atoms with Gasteiger partial charge in [-0.05, 0) is 56.4 Å². The van der Waals surface area contributed by atoms with E-state index in [0.717, 1.165) is 11.1 Å². The summed E-state index contributed by atoms with van der Waals surface area (Å²) < 4.78 is 0. The molecule has 34 heavy (non-hydrogen) atoms. The highest BCUT2D eigenvalue weighted by atomic mass is 16.3. The molecule has 2 aliphatic rings. The molecule has 1 aromatic carbocycles. The van der Waals surface area contributed by atoms with E-state index in [1.54, 1.807) is 19.9 Å². The van der Waals surface area contributed by atoms with Crippen molar-refractivity contribution < 1.29 is 19.5 Å². The van der Waals surface area contributed by atoms with Crippen LogP contribution in [0.2, 0.25) is 0 Å². The van der Waals surface area contributed by atoms with E-state index in [9.17, 15) is 19.5 Å². The van der Waals surface area contributed by atoms with E-state index in [0.29, 0.717) is 12.8 Å². The lowest BCUT2D eigenvalue weighted by Crippen LogP contribution is -2.67. The second-order valence-electron chi connectivity index (χ2n) is 11.2. The Morgan fingerprint density at radius 2 is 1.79 bits per heavy atom. The lowest BCUT2D eigenvalue weighted by atomic mass is 9.39. The van der Waals surface area contributed by atoms with Crippen LogP contribution in [-0.4, -0.2) is 22.5 Å². The van der Waals surface area contributed by atoms with Gasteiger partial charge >= 0.3 is 0 Å². The van der Waals surface area contributed by atoms with Gasteiger partial charge in [-0.25, -0.2) is 0 Å². The van der Waals surface area contributed by atoms with Crippen LogP contribution >= 0.6 is 0 Å². The SMILES string of the molecule is C=CC[C@@]12C(=O)C(C(=O)C(C)C)=C(O)[C@@](Cc3ccccc3)(C[C@@H](CC=C(C)C)C1(C)C)C2=O. The summed E-state index contributed by atoms with van der Waals surface area (Å²) in [6.45, 7) is 15.3. The minimum atomic E-state index is -1.45. The number of carbonyl (C=O) groups is 3. The number of allylic oxidation sites excluding steroid dienone is 5. The van der Waals surface area contributed by atoms with Crippen molar-refractivity contribution in [1.82, 2.24) is 0 Å². The van der Waals surface area contributed by atoms with Crippen LogP contribution in [0.5, 0.6) is 0 Å². The molecule has 1 fully saturated rings. The summed E-state index contributed by atoms with van der Waals surface area (Å²) in [5.74, 6) is -2.07. The molecule has 182 valence electrons. The zero-order valence-corrected chi connectivity index (χ0v) is 21.4. The van der Waals surface area contributed by atoms with Gasteiger partial charge in [-0.15, -0.1) is 6.58 Å². The fourth-order valence-corrected chi connectivity index (χ4v) is 6.10. The van der Waals surface area contributed by atoms with Crippen molar-refractivity contribution in [2.45, 2.75) is 67.2 Å². The number of ketones is 3. The summed E-state index contributed by atoms with van der Waals surface area (Å²) in [4.78, 5) is 42.0. The molecule has 0 spiro atoms. The van der Waals surface area contributed by atoms with Crippen molar-refractivity contribution in [2.24, 2.45) is 28.1 Å². The number of aliphatic hydroxyl groups excluding tert-OH is 1. The Morgan fingerprint density at radius 3 is 2.32 bits per heavy atom. The van der Waals surface area contributed by atoms with Crippen LogP contribution < -0.4 is 0 Å². The van der Waals surface area contributed by atoms with Crippen molar-refractivity contribution >= 4 is 17.3 Å². The standard InChI is InChI=1S/C30H38O4/c1-8-16-30-26(33)23(24(31)20(4)5)25(32)29(27(30)34,17-21-12-10-9-11-13-21)18-22(28(30,6)7)15-14-19(2)3/h8-14,20,22,32H,1,15-18H2,2-7H3/t22-,29-,30+/m1/s1. The van der Waals surface area contributed by atoms with Crippen molar-refractivity contribution in [1.29, 1.82) is 0 Å². The first-order valence-corrected chi connectivity index (χ1v) is 12.2. The fraction of sp³-hybridized carbons (Fsp3) is 0.500. The predicted molar refractivity (Wildman–Crippen MR) is 135 cm³/mol. The number of Topliss-reactive ketones (excluding diaryl/α,β-unsaturated/α-hetero) is 3. The van der Waals surface area contributed by atoms with E-state index < -0.39 is 33.7 Å². The van der Waals surface area contributed by atoms with Crippen molar-refractivity contribution in [3.8, 4) is 0 Å². The Bertz CT molecular complexity index is 1070. The molecule has 2 bridgehead atoms. The minimum Gasteiger partial charge on any atom is -0.510 e. The number of hydrogen-bond acceptors (Lipinski definition) is 4. The number of hydrogen-bond donors (Lipinski definition) is 1. The maximum atomic E-state index is 14.5. The van der Waals surface area contributed by atoms with Gasteiger partial charge in [-0.1, -0.05) is 75.8 Å². The number of rotatable bonds is 8. The number of benzene rings is 1. The van der Waals surface area contributed by atoms with Crippen molar-refractivity contribution in [3.05, 3.63) is 71.5 Å². The average molecular weight is 463 g/mol. The van der Waals surface area contributed by atoms with Crippen LogP contribution in [0.1, 0.15) is 66.4 Å². The molecule has 0 unspecified atom stereocenters. The van der Waals surface area contributed by atoms with Crippen LogP contribution in [0.25, 0.3) is 0 Å². The van der Waals surface area contributed by atoms with E-state index in [2.05, 4.69) is 12.7 Å². The van der Waals surface area contributed by atoms with Crippen LogP contribution in [0, 0.1) is 28.1 Å². The second-order valence-corrected chi connectivity index (χ2v) is 11.2. The van der Waals surface area contributed by atoms with Gasteiger partial charge in [0.1, 0.15) is 16.7 Å². The molecule has 0 heterocycles. The predicted octanol–water partition coefficient (Wildman–Crippen LogP) is 6.37. The minimum absolute atomic E-state index is 0.0504. The summed E-state index contributed by atoms with van der Waals surface area (Å²) in [5, 5.41) is 11.7. The lowest BCUT2D eigenvalue weighted by Gasteiger charge is -2.60. The van der Waals surface area contributed by atoms with Crippen LogP contribution in [0.4, 0.5) is 0 Å². The topological polar surface area (TPSA) is 71.4 Å². The van der Waals surface area contributed by atoms with E-state index >= 15 is 0 Å². The molecule has 0 aromatic heterocycles. The van der Waals surface area contributed by atoms with E-state index in [4.69, 9.17) is 0 Å². The monoisotopic (exact) mass is 462 g/mol. The molecule has 0 aliphatic heterocycles. The van der Waals surface area contributed by atoms with Gasteiger partial charge in [0, 0.05) is 5.92 Å². The van der Waals surface area contributed by atoms with Gasteiger partial charge < -0.3 is 5.11 Å². The van der Waals surface area contributed by atoms with Crippen LogP contribution in [-0.2, 0) is 20.8 Å². The zero-order chi connectivity index (χ0) is 25.5. The first kappa shape index (κ1) is 25.9. The molecule has 3 atom stereocenters. The first-order chi connectivity index (χ1) is 15.9. The molecule has 1 aromatic rings. The summed E-state index contributed by atoms with van der Waals surface area (Å²) >= 11 is 0. The Hall–Kier alpha value is -2.75. The highest BCUT2D eigenvalue weighted by Gasteiger charge is 2.72. The van der Waals surface area contributed by atoms with Gasteiger partial charge in [0.2, 0.25) is 0 Å². The summed E-state index contributed by atoms with van der Waals surface area (Å²) in [7, 11) is 0. The van der Waals surface area contributed by atoms with Gasteiger partial charge in [-0.3, -0.25) is 14.4 Å². The van der Waals surface area contributed by atoms with Gasteiger partial charge in [-0.2, -0.15) is 0 Å². The van der Waals surface area contributed by atoms with E-state index in [-0.39, 0.29) is 35.9 Å². The summed E-state index contributed by atoms with van der Waals surface area (Å²) in [6, 6.07) is 9.55. The zero-order valence-electron chi connectivity index (χ0n) is 21.4. The molecular weight excluding hydrogens is 424 g/mol. The third-order valence-electron chi connectivity index (χ3n) is 8.22. The lowest BCUT2D eigenvalue weighted by molar-refractivity contribution is -0.172. The van der Waals surface area contributed by atoms with Gasteiger partial charge in [0.15, 0.2) is 17.3 Å². The van der Waals surface area contributed by atoms with Gasteiger partial charge in [0.05, 0.1) is 5.41 Å². The Morgan fingerprint density at radius 1 is 1.18 bits per heavy atom. The molecule has 1 saturated carbocycles. The molecular formula is C30H38O4. The number of carbonyl (C=O) groups excluding carboxylic acids is 3. The fourth-order valence-electron chi connectivity index (χ4n) is 6.10. The molecule has 1 N–H and O–H groups in total. The largest absolute Gasteiger partial charge is 0.510 e. The maximum absolute atomic E-state index is 14.5. The third-order valence-corrected chi connectivity index (χ3v) is 8.22. The normalized spacial score (nSPS) is 28.1. The average Bonchev–Trinajstić information content (AvgIpc) is 2.77. The van der Waals surface area contributed by atoms with Crippen LogP contribution in [0.3, 0.4) is 0 Å². The summed E-state index contributed by atoms with van der Waals surface area (Å²) in [5.41, 5.74) is -1.64. The smallest absolute Gasteiger partial charge is 0.184 e. The molecule has 0 radical (unpaired) electrons. The quantitative estimate of drug-likeness (QED) is 0.277. The van der Waals surface area contributed by atoms with Gasteiger partial charge in [0.25, 0.3) is 0 Å². The summed E-state index contributed by atoms with van der Waals surface area (Å²) in [6.07, 6.45) is 5.22. The molecule has 2 aliphatic carbocycles. The first-order valence-electron chi connectivity index (χ1n) is 12.2. The second kappa shape index (κ2) is 9.13. The third kappa shape index (κ3) is 3.72. The molecule has 4 nitrogen and oxygen atoms in total. The molecule has 0 saturated heterocycles. The Kier molecular flexibility index (Phi) is 6.94. The maximum Gasteiger partial charge on any atom is 0.184 e. The molecule has 0 amide bonds. The number of aliphatic hydroxyl groups is 1. The highest BCUT2D eigenvalue weighted by molar-refractivity contribution is 6.32. The Labute approximate surface area is 203 Å². The van der Waals surface area contributed by atoms with Crippen LogP contribution in [0.15, 0.2) is 66.0 Å². The van der Waals surface area contributed by atoms with Crippen molar-refractivity contribution in [2.75, 3.05) is 0 Å².